The van der Waals surface area contributed by atoms with Crippen LogP contribution >= 0.6 is 0 Å². The highest BCUT2D eigenvalue weighted by atomic mass is 16.7. The summed E-state index contributed by atoms with van der Waals surface area (Å²) in [4.78, 5) is 24.0. The summed E-state index contributed by atoms with van der Waals surface area (Å²) in [5.74, 6) is 1.71. The molecule has 10 heteroatoms. The number of rotatable bonds is 5. The summed E-state index contributed by atoms with van der Waals surface area (Å²) in [7, 11) is 0. The number of H-pyrrole nitrogens is 1. The molecular weight excluding hydrogens is 352 g/mol. The van der Waals surface area contributed by atoms with Gasteiger partial charge in [0.15, 0.2) is 11.5 Å². The molecule has 3 amide bonds. The van der Waals surface area contributed by atoms with Crippen LogP contribution in [-0.4, -0.2) is 40.5 Å². The molecular formula is C17H20N6O4. The molecule has 4 rings (SSSR count). The van der Waals surface area contributed by atoms with Crippen molar-refractivity contribution in [1.82, 2.24) is 25.9 Å². The summed E-state index contributed by atoms with van der Waals surface area (Å²) in [5.41, 5.74) is 5.24. The van der Waals surface area contributed by atoms with Crippen LogP contribution in [0, 0.1) is 0 Å². The summed E-state index contributed by atoms with van der Waals surface area (Å²) in [6.45, 7) is 3.53. The zero-order valence-electron chi connectivity index (χ0n) is 14.8. The minimum Gasteiger partial charge on any atom is -0.454 e. The Hall–Kier alpha value is -3.27. The topological polar surface area (TPSA) is 121 Å². The van der Waals surface area contributed by atoms with E-state index in [-0.39, 0.29) is 25.2 Å². The molecule has 1 aromatic heterocycles. The van der Waals surface area contributed by atoms with E-state index in [1.165, 1.54) is 0 Å². The number of carbonyl (C=O) groups excluding carboxylic acids is 2. The highest BCUT2D eigenvalue weighted by molar-refractivity contribution is 5.92. The lowest BCUT2D eigenvalue weighted by atomic mass is 10.1. The maximum atomic E-state index is 12.4. The minimum atomic E-state index is -0.264. The second-order valence-electron chi connectivity index (χ2n) is 6.26. The van der Waals surface area contributed by atoms with Gasteiger partial charge in [0.05, 0.1) is 18.7 Å². The number of hydrazine groups is 1. The molecule has 0 saturated carbocycles. The van der Waals surface area contributed by atoms with Crippen molar-refractivity contribution in [1.29, 1.82) is 0 Å². The Balaban J connectivity index is 1.36. The third-order valence-electron chi connectivity index (χ3n) is 4.31. The standard InChI is InChI=1S/C17H20N6O4/c1-2-18-17(25)22-23-7-11-12(8-23)20-21-16(11)19-15(24)6-10-3-4-13-14(5-10)27-9-26-13/h3-5H,2,6-9H2,1H3,(H2,18,22,25)(H2,19,20,21,24). The second kappa shape index (κ2) is 7.16. The van der Waals surface area contributed by atoms with E-state index in [4.69, 9.17) is 9.47 Å². The third-order valence-corrected chi connectivity index (χ3v) is 4.31. The van der Waals surface area contributed by atoms with Crippen LogP contribution in [0.25, 0.3) is 0 Å². The third kappa shape index (κ3) is 3.65. The van der Waals surface area contributed by atoms with E-state index in [0.717, 1.165) is 16.8 Å². The Kier molecular flexibility index (Phi) is 4.55. The Labute approximate surface area is 155 Å². The number of aromatic amines is 1. The molecule has 3 heterocycles. The molecule has 4 N–H and O–H groups in total. The van der Waals surface area contributed by atoms with Crippen LogP contribution in [0.15, 0.2) is 18.2 Å². The lowest BCUT2D eigenvalue weighted by molar-refractivity contribution is -0.115. The quantitative estimate of drug-likeness (QED) is 0.618. The molecule has 0 saturated heterocycles. The van der Waals surface area contributed by atoms with Crippen LogP contribution < -0.4 is 25.5 Å². The SMILES string of the molecule is CCNC(=O)NN1Cc2n[nH]c(NC(=O)Cc3ccc4c(c3)OCO4)c2C1. The molecule has 0 radical (unpaired) electrons. The fraction of sp³-hybridized carbons (Fsp3) is 0.353. The molecule has 0 fully saturated rings. The van der Waals surface area contributed by atoms with Crippen LogP contribution in [0.5, 0.6) is 11.5 Å². The molecule has 0 unspecified atom stereocenters. The molecule has 0 aliphatic carbocycles. The van der Waals surface area contributed by atoms with Gasteiger partial charge in [-0.2, -0.15) is 5.10 Å². The van der Waals surface area contributed by atoms with Crippen molar-refractivity contribution in [3.63, 3.8) is 0 Å². The van der Waals surface area contributed by atoms with Crippen LogP contribution in [0.3, 0.4) is 0 Å². The smallest absolute Gasteiger partial charge is 0.329 e. The Morgan fingerprint density at radius 2 is 2.11 bits per heavy atom. The van der Waals surface area contributed by atoms with Crippen LogP contribution in [0.4, 0.5) is 10.6 Å². The lowest BCUT2D eigenvalue weighted by Gasteiger charge is -2.16. The predicted molar refractivity (Wildman–Crippen MR) is 94.9 cm³/mol. The van der Waals surface area contributed by atoms with Crippen LogP contribution in [0.2, 0.25) is 0 Å². The van der Waals surface area contributed by atoms with Crippen molar-refractivity contribution in [3.05, 3.63) is 35.0 Å². The van der Waals surface area contributed by atoms with Crippen LogP contribution in [0.1, 0.15) is 23.7 Å². The number of hydrogen-bond acceptors (Lipinski definition) is 6. The van der Waals surface area contributed by atoms with Gasteiger partial charge in [-0.1, -0.05) is 6.07 Å². The number of urea groups is 1. The number of nitrogens with one attached hydrogen (secondary N) is 4. The monoisotopic (exact) mass is 372 g/mol. The van der Waals surface area contributed by atoms with Crippen molar-refractivity contribution < 1.29 is 19.1 Å². The first-order valence-electron chi connectivity index (χ1n) is 8.66. The number of carbonyl (C=O) groups is 2. The zero-order chi connectivity index (χ0) is 18.8. The number of nitrogens with zero attached hydrogens (tertiary/aromatic N) is 2. The van der Waals surface area contributed by atoms with Gasteiger partial charge in [0.2, 0.25) is 12.7 Å². The summed E-state index contributed by atoms with van der Waals surface area (Å²) in [6, 6.07) is 5.17. The molecule has 2 aromatic rings. The molecule has 2 aliphatic rings. The molecule has 10 nitrogen and oxygen atoms in total. The average Bonchev–Trinajstić information content (AvgIpc) is 3.32. The van der Waals surface area contributed by atoms with Gasteiger partial charge in [0, 0.05) is 18.7 Å². The summed E-state index contributed by atoms with van der Waals surface area (Å²) >= 11 is 0. The Morgan fingerprint density at radius 3 is 2.96 bits per heavy atom. The normalized spacial score (nSPS) is 14.7. The Morgan fingerprint density at radius 1 is 1.26 bits per heavy atom. The van der Waals surface area contributed by atoms with E-state index < -0.39 is 0 Å². The fourth-order valence-corrected chi connectivity index (χ4v) is 3.08. The number of aromatic nitrogens is 2. The molecule has 0 spiro atoms. The van der Waals surface area contributed by atoms with Crippen molar-refractivity contribution in [3.8, 4) is 11.5 Å². The Bertz CT molecular complexity index is 880. The van der Waals surface area contributed by atoms with Crippen LogP contribution in [-0.2, 0) is 24.3 Å². The van der Waals surface area contributed by atoms with E-state index >= 15 is 0 Å². The zero-order valence-corrected chi connectivity index (χ0v) is 14.8. The van der Waals surface area contributed by atoms with E-state index in [1.807, 2.05) is 13.0 Å². The van der Waals surface area contributed by atoms with Gasteiger partial charge < -0.3 is 20.1 Å². The number of benzene rings is 1. The van der Waals surface area contributed by atoms with E-state index in [9.17, 15) is 9.59 Å². The molecule has 2 aliphatic heterocycles. The molecule has 1 aromatic carbocycles. The largest absolute Gasteiger partial charge is 0.454 e. The van der Waals surface area contributed by atoms with Gasteiger partial charge in [-0.3, -0.25) is 15.3 Å². The molecule has 142 valence electrons. The second-order valence-corrected chi connectivity index (χ2v) is 6.26. The van der Waals surface area contributed by atoms with Gasteiger partial charge in [-0.05, 0) is 24.6 Å². The van der Waals surface area contributed by atoms with E-state index in [0.29, 0.717) is 37.0 Å². The number of hydrogen-bond donors (Lipinski definition) is 4. The predicted octanol–water partition coefficient (Wildman–Crippen LogP) is 0.869. The van der Waals surface area contributed by atoms with Crippen molar-refractivity contribution in [2.75, 3.05) is 18.7 Å². The van der Waals surface area contributed by atoms with Crippen molar-refractivity contribution >= 4 is 17.8 Å². The van der Waals surface area contributed by atoms with Gasteiger partial charge >= 0.3 is 6.03 Å². The average molecular weight is 372 g/mol. The van der Waals surface area contributed by atoms with E-state index in [1.54, 1.807) is 17.1 Å². The maximum absolute atomic E-state index is 12.4. The number of fused-ring (bicyclic) bond motifs is 2. The first kappa shape index (κ1) is 17.2. The maximum Gasteiger partial charge on any atom is 0.329 e. The highest BCUT2D eigenvalue weighted by Crippen LogP contribution is 2.32. The first-order chi connectivity index (χ1) is 13.1. The molecule has 0 bridgehead atoms. The van der Waals surface area contributed by atoms with Gasteiger partial charge in [0.25, 0.3) is 0 Å². The fourth-order valence-electron chi connectivity index (χ4n) is 3.08. The van der Waals surface area contributed by atoms with Gasteiger partial charge in [-0.15, -0.1) is 0 Å². The lowest BCUT2D eigenvalue weighted by Crippen LogP contribution is -2.44. The first-order valence-corrected chi connectivity index (χ1v) is 8.66. The summed E-state index contributed by atoms with van der Waals surface area (Å²) in [6.07, 6.45) is 0.200. The van der Waals surface area contributed by atoms with E-state index in [2.05, 4.69) is 26.3 Å². The highest BCUT2D eigenvalue weighted by Gasteiger charge is 2.27. The number of ether oxygens (including phenoxy) is 2. The summed E-state index contributed by atoms with van der Waals surface area (Å²) < 4.78 is 10.6. The number of anilines is 1. The van der Waals surface area contributed by atoms with Crippen molar-refractivity contribution in [2.45, 2.75) is 26.4 Å². The van der Waals surface area contributed by atoms with Crippen molar-refractivity contribution in [2.24, 2.45) is 0 Å². The molecule has 27 heavy (non-hydrogen) atoms. The minimum absolute atomic E-state index is 0.171. The van der Waals surface area contributed by atoms with Gasteiger partial charge in [-0.25, -0.2) is 9.80 Å². The summed E-state index contributed by atoms with van der Waals surface area (Å²) in [5, 5.41) is 14.3. The number of amides is 3. The van der Waals surface area contributed by atoms with Gasteiger partial charge in [0.1, 0.15) is 5.82 Å². The molecule has 0 atom stereocenters.